The number of nitriles is 1. The molecule has 3 rings (SSSR count). The molecule has 0 bridgehead atoms. The van der Waals surface area contributed by atoms with Crippen LogP contribution >= 0.6 is 0 Å². The standard InChI is InChI=1S/C28H41N/c1-2-3-4-5-23-6-8-24(9-7-23)10-11-25-12-14-26(15-13-25)16-17-27-18-20-28(22-29)21-19-27/h14,18-21,23-25H,2-13,15-17H2,1H3/t23-,24-,25?. The number of benzene rings is 1. The van der Waals surface area contributed by atoms with Gasteiger partial charge in [0.25, 0.3) is 0 Å². The summed E-state index contributed by atoms with van der Waals surface area (Å²) in [6, 6.07) is 10.3. The van der Waals surface area contributed by atoms with Gasteiger partial charge in [-0.2, -0.15) is 5.26 Å². The molecule has 1 unspecified atom stereocenters. The molecule has 0 aromatic heterocycles. The molecule has 0 radical (unpaired) electrons. The molecule has 1 saturated carbocycles. The maximum Gasteiger partial charge on any atom is 0.0991 e. The number of aryl methyl sites for hydroxylation is 1. The first-order chi connectivity index (χ1) is 14.3. The number of hydrogen-bond acceptors (Lipinski definition) is 1. The SMILES string of the molecule is CCCCC[C@H]1CC[C@H](CCC2CC=C(CCc3ccc(C#N)cc3)CC2)CC1. The van der Waals surface area contributed by atoms with Gasteiger partial charge in [0.15, 0.2) is 0 Å². The smallest absolute Gasteiger partial charge is 0.0991 e. The number of nitrogens with zero attached hydrogens (tertiary/aromatic N) is 1. The van der Waals surface area contributed by atoms with Gasteiger partial charge in [0.1, 0.15) is 0 Å². The van der Waals surface area contributed by atoms with Crippen molar-refractivity contribution in [3.8, 4) is 6.07 Å². The molecule has 1 atom stereocenters. The van der Waals surface area contributed by atoms with Gasteiger partial charge in [-0.05, 0) is 74.0 Å². The minimum atomic E-state index is 0.762. The van der Waals surface area contributed by atoms with E-state index >= 15 is 0 Å². The maximum atomic E-state index is 8.91. The molecule has 1 aromatic carbocycles. The maximum absolute atomic E-state index is 8.91. The lowest BCUT2D eigenvalue weighted by molar-refractivity contribution is 0.234. The van der Waals surface area contributed by atoms with Crippen LogP contribution in [-0.2, 0) is 6.42 Å². The zero-order valence-electron chi connectivity index (χ0n) is 18.7. The van der Waals surface area contributed by atoms with E-state index in [-0.39, 0.29) is 0 Å². The van der Waals surface area contributed by atoms with E-state index in [1.807, 2.05) is 12.1 Å². The minimum Gasteiger partial charge on any atom is -0.192 e. The Morgan fingerprint density at radius 2 is 1.52 bits per heavy atom. The molecule has 0 spiro atoms. The van der Waals surface area contributed by atoms with Crippen molar-refractivity contribution in [2.75, 3.05) is 0 Å². The monoisotopic (exact) mass is 391 g/mol. The Hall–Kier alpha value is -1.55. The van der Waals surface area contributed by atoms with E-state index in [0.717, 1.165) is 29.7 Å². The van der Waals surface area contributed by atoms with Crippen molar-refractivity contribution in [1.82, 2.24) is 0 Å². The molecule has 1 heteroatoms. The van der Waals surface area contributed by atoms with Crippen molar-refractivity contribution in [3.05, 3.63) is 47.0 Å². The molecule has 2 aliphatic carbocycles. The third kappa shape index (κ3) is 7.65. The summed E-state index contributed by atoms with van der Waals surface area (Å²) >= 11 is 0. The third-order valence-electron chi connectivity index (χ3n) is 7.60. The summed E-state index contributed by atoms with van der Waals surface area (Å²) in [7, 11) is 0. The number of rotatable bonds is 10. The highest BCUT2D eigenvalue weighted by molar-refractivity contribution is 5.32. The average molecular weight is 392 g/mol. The molecule has 1 nitrogen and oxygen atoms in total. The lowest BCUT2D eigenvalue weighted by atomic mass is 9.76. The number of allylic oxidation sites excluding steroid dienone is 2. The van der Waals surface area contributed by atoms with Gasteiger partial charge in [-0.15, -0.1) is 0 Å². The molecule has 158 valence electrons. The highest BCUT2D eigenvalue weighted by atomic mass is 14.3. The molecular weight excluding hydrogens is 350 g/mol. The van der Waals surface area contributed by atoms with E-state index in [1.54, 1.807) is 5.57 Å². The van der Waals surface area contributed by atoms with Gasteiger partial charge >= 0.3 is 0 Å². The highest BCUT2D eigenvalue weighted by Gasteiger charge is 2.22. The van der Waals surface area contributed by atoms with Gasteiger partial charge in [0, 0.05) is 0 Å². The van der Waals surface area contributed by atoms with Crippen LogP contribution in [0.15, 0.2) is 35.9 Å². The zero-order chi connectivity index (χ0) is 20.3. The second kappa shape index (κ2) is 12.2. The van der Waals surface area contributed by atoms with E-state index in [1.165, 1.54) is 95.5 Å². The average Bonchev–Trinajstić information content (AvgIpc) is 2.78. The van der Waals surface area contributed by atoms with E-state index < -0.39 is 0 Å². The lowest BCUT2D eigenvalue weighted by Gasteiger charge is -2.30. The van der Waals surface area contributed by atoms with Gasteiger partial charge in [0.2, 0.25) is 0 Å². The van der Waals surface area contributed by atoms with E-state index in [4.69, 9.17) is 5.26 Å². The summed E-state index contributed by atoms with van der Waals surface area (Å²) in [6.07, 6.45) is 23.7. The summed E-state index contributed by atoms with van der Waals surface area (Å²) in [4.78, 5) is 0. The predicted octanol–water partition coefficient (Wildman–Crippen LogP) is 8.38. The quantitative estimate of drug-likeness (QED) is 0.290. The Bertz CT molecular complexity index is 655. The van der Waals surface area contributed by atoms with Crippen molar-refractivity contribution in [3.63, 3.8) is 0 Å². The molecule has 1 fully saturated rings. The highest BCUT2D eigenvalue weighted by Crippen LogP contribution is 2.37. The van der Waals surface area contributed by atoms with Crippen LogP contribution in [-0.4, -0.2) is 0 Å². The Kier molecular flexibility index (Phi) is 9.33. The molecule has 0 amide bonds. The van der Waals surface area contributed by atoms with Crippen LogP contribution < -0.4 is 0 Å². The van der Waals surface area contributed by atoms with Crippen LogP contribution in [0.1, 0.15) is 108 Å². The first-order valence-electron chi connectivity index (χ1n) is 12.4. The second-order valence-corrected chi connectivity index (χ2v) is 9.77. The zero-order valence-corrected chi connectivity index (χ0v) is 18.7. The van der Waals surface area contributed by atoms with Crippen molar-refractivity contribution in [2.24, 2.45) is 17.8 Å². The van der Waals surface area contributed by atoms with Crippen molar-refractivity contribution in [2.45, 2.75) is 103 Å². The largest absolute Gasteiger partial charge is 0.192 e. The van der Waals surface area contributed by atoms with Crippen molar-refractivity contribution >= 4 is 0 Å². The Morgan fingerprint density at radius 3 is 2.14 bits per heavy atom. The molecule has 0 saturated heterocycles. The van der Waals surface area contributed by atoms with Crippen LogP contribution in [0.25, 0.3) is 0 Å². The summed E-state index contributed by atoms with van der Waals surface area (Å²) in [5.41, 5.74) is 3.79. The fourth-order valence-electron chi connectivity index (χ4n) is 5.45. The van der Waals surface area contributed by atoms with Gasteiger partial charge in [-0.3, -0.25) is 0 Å². The molecule has 0 aliphatic heterocycles. The predicted molar refractivity (Wildman–Crippen MR) is 124 cm³/mol. The molecule has 1 aromatic rings. The van der Waals surface area contributed by atoms with Crippen LogP contribution in [0.5, 0.6) is 0 Å². The topological polar surface area (TPSA) is 23.8 Å². The first-order valence-corrected chi connectivity index (χ1v) is 12.4. The van der Waals surface area contributed by atoms with Gasteiger partial charge in [0.05, 0.1) is 11.6 Å². The van der Waals surface area contributed by atoms with Crippen molar-refractivity contribution in [1.29, 1.82) is 5.26 Å². The van der Waals surface area contributed by atoms with Gasteiger partial charge in [-0.25, -0.2) is 0 Å². The normalized spacial score (nSPS) is 24.7. The second-order valence-electron chi connectivity index (χ2n) is 9.77. The molecule has 29 heavy (non-hydrogen) atoms. The number of hydrogen-bond donors (Lipinski definition) is 0. The summed E-state index contributed by atoms with van der Waals surface area (Å²) in [5, 5.41) is 8.91. The first kappa shape index (κ1) is 22.1. The van der Waals surface area contributed by atoms with E-state index in [2.05, 4.69) is 31.2 Å². The molecule has 2 aliphatic rings. The minimum absolute atomic E-state index is 0.762. The fraction of sp³-hybridized carbons (Fsp3) is 0.679. The number of unbranched alkanes of at least 4 members (excludes halogenated alkanes) is 2. The Morgan fingerprint density at radius 1 is 0.828 bits per heavy atom. The van der Waals surface area contributed by atoms with Gasteiger partial charge < -0.3 is 0 Å². The lowest BCUT2D eigenvalue weighted by Crippen LogP contribution is -2.16. The van der Waals surface area contributed by atoms with Crippen molar-refractivity contribution < 1.29 is 0 Å². The molecular formula is C28H41N. The van der Waals surface area contributed by atoms with E-state index in [0.29, 0.717) is 0 Å². The summed E-state index contributed by atoms with van der Waals surface area (Å²) < 4.78 is 0. The fourth-order valence-corrected chi connectivity index (χ4v) is 5.45. The molecule has 0 heterocycles. The van der Waals surface area contributed by atoms with Crippen LogP contribution in [0.3, 0.4) is 0 Å². The molecule has 0 N–H and O–H groups in total. The van der Waals surface area contributed by atoms with E-state index in [9.17, 15) is 0 Å². The summed E-state index contributed by atoms with van der Waals surface area (Å²) in [5.74, 6) is 3.02. The van der Waals surface area contributed by atoms with Crippen LogP contribution in [0.4, 0.5) is 0 Å². The van der Waals surface area contributed by atoms with Gasteiger partial charge in [-0.1, -0.05) is 88.5 Å². The van der Waals surface area contributed by atoms with Crippen LogP contribution in [0, 0.1) is 29.1 Å². The summed E-state index contributed by atoms with van der Waals surface area (Å²) in [6.45, 7) is 2.32. The Labute approximate surface area is 179 Å². The Balaban J connectivity index is 1.29. The third-order valence-corrected chi connectivity index (χ3v) is 7.60. The van der Waals surface area contributed by atoms with Crippen LogP contribution in [0.2, 0.25) is 0 Å².